The molecular formula is C22H29N3O2. The Morgan fingerprint density at radius 1 is 1.11 bits per heavy atom. The zero-order valence-corrected chi connectivity index (χ0v) is 16.0. The van der Waals surface area contributed by atoms with Crippen LogP contribution in [-0.2, 0) is 4.79 Å². The van der Waals surface area contributed by atoms with Gasteiger partial charge in [-0.2, -0.15) is 0 Å². The zero-order chi connectivity index (χ0) is 18.1. The second kappa shape index (κ2) is 5.95. The molecule has 5 saturated heterocycles. The number of likely N-dealkylation sites (tertiary alicyclic amines) is 1. The standard InChI is InChI=1S/C22H29N3O2/c1-27-18-5-3-2-4-14(18)17-12-25(22(26)19-15-10-23-11-16(15)19)20-13-6-8-24(9-7-13)21(17)20/h2-5,13,15-17,19-21,23H,6-12H2,1H3/t15-,16+,17-,19?,20-,21-/m1/s1. The van der Waals surface area contributed by atoms with E-state index in [2.05, 4.69) is 33.3 Å². The summed E-state index contributed by atoms with van der Waals surface area (Å²) in [7, 11) is 1.76. The van der Waals surface area contributed by atoms with Gasteiger partial charge < -0.3 is 15.0 Å². The first-order valence-electron chi connectivity index (χ1n) is 10.7. The topological polar surface area (TPSA) is 44.8 Å². The highest BCUT2D eigenvalue weighted by Gasteiger charge is 2.62. The molecule has 1 aliphatic carbocycles. The van der Waals surface area contributed by atoms with Crippen LogP contribution >= 0.6 is 0 Å². The Balaban J connectivity index is 1.36. The second-order valence-electron chi connectivity index (χ2n) is 9.21. The molecule has 0 aromatic heterocycles. The third kappa shape index (κ3) is 2.27. The maximum atomic E-state index is 13.5. The maximum absolute atomic E-state index is 13.5. The first-order chi connectivity index (χ1) is 13.3. The molecule has 5 heterocycles. The van der Waals surface area contributed by atoms with Gasteiger partial charge in [0.25, 0.3) is 0 Å². The van der Waals surface area contributed by atoms with E-state index < -0.39 is 0 Å². The quantitative estimate of drug-likeness (QED) is 0.881. The van der Waals surface area contributed by atoms with Gasteiger partial charge in [0.2, 0.25) is 5.91 Å². The Morgan fingerprint density at radius 3 is 2.59 bits per heavy atom. The maximum Gasteiger partial charge on any atom is 0.226 e. The average molecular weight is 367 g/mol. The number of amides is 1. The molecule has 5 heteroatoms. The lowest BCUT2D eigenvalue weighted by molar-refractivity contribution is -0.138. The van der Waals surface area contributed by atoms with Gasteiger partial charge in [0, 0.05) is 30.0 Å². The summed E-state index contributed by atoms with van der Waals surface area (Å²) in [6.07, 6.45) is 2.51. The zero-order valence-electron chi connectivity index (χ0n) is 16.0. The molecule has 144 valence electrons. The number of nitrogens with zero attached hydrogens (tertiary/aromatic N) is 2. The lowest BCUT2D eigenvalue weighted by Gasteiger charge is -2.51. The van der Waals surface area contributed by atoms with Gasteiger partial charge in [0.15, 0.2) is 0 Å². The van der Waals surface area contributed by atoms with Gasteiger partial charge in [0.1, 0.15) is 5.75 Å². The molecule has 6 aliphatic rings. The first-order valence-corrected chi connectivity index (χ1v) is 10.7. The predicted molar refractivity (Wildman–Crippen MR) is 103 cm³/mol. The molecule has 1 amide bonds. The molecule has 5 nitrogen and oxygen atoms in total. The van der Waals surface area contributed by atoms with E-state index in [1.54, 1.807) is 7.11 Å². The molecule has 1 saturated carbocycles. The van der Waals surface area contributed by atoms with Crippen LogP contribution in [0.4, 0.5) is 0 Å². The smallest absolute Gasteiger partial charge is 0.226 e. The van der Waals surface area contributed by atoms with Gasteiger partial charge in [0.05, 0.1) is 13.2 Å². The fourth-order valence-corrected chi connectivity index (χ4v) is 6.89. The van der Waals surface area contributed by atoms with Crippen LogP contribution in [0.25, 0.3) is 0 Å². The fourth-order valence-electron chi connectivity index (χ4n) is 6.89. The van der Waals surface area contributed by atoms with Gasteiger partial charge in [-0.25, -0.2) is 0 Å². The van der Waals surface area contributed by atoms with Crippen molar-refractivity contribution in [1.29, 1.82) is 0 Å². The van der Waals surface area contributed by atoms with Crippen LogP contribution in [0.3, 0.4) is 0 Å². The Hall–Kier alpha value is -1.59. The summed E-state index contributed by atoms with van der Waals surface area (Å²) in [4.78, 5) is 18.5. The van der Waals surface area contributed by atoms with E-state index in [0.29, 0.717) is 47.6 Å². The minimum atomic E-state index is 0.291. The van der Waals surface area contributed by atoms with E-state index in [-0.39, 0.29) is 0 Å². The van der Waals surface area contributed by atoms with Crippen molar-refractivity contribution >= 4 is 5.91 Å². The summed E-state index contributed by atoms with van der Waals surface area (Å²) in [6, 6.07) is 9.32. The number of hydrogen-bond acceptors (Lipinski definition) is 4. The summed E-state index contributed by atoms with van der Waals surface area (Å²) in [6.45, 7) is 5.32. The third-order valence-corrected chi connectivity index (χ3v) is 8.19. The fraction of sp³-hybridized carbons (Fsp3) is 0.682. The molecule has 1 aromatic carbocycles. The van der Waals surface area contributed by atoms with Crippen molar-refractivity contribution in [2.24, 2.45) is 23.7 Å². The van der Waals surface area contributed by atoms with E-state index in [4.69, 9.17) is 4.74 Å². The van der Waals surface area contributed by atoms with Crippen LogP contribution in [0, 0.1) is 23.7 Å². The molecule has 0 spiro atoms. The number of rotatable bonds is 3. The van der Waals surface area contributed by atoms with Gasteiger partial charge in [-0.15, -0.1) is 0 Å². The highest BCUT2D eigenvalue weighted by Crippen LogP contribution is 2.53. The van der Waals surface area contributed by atoms with Crippen molar-refractivity contribution in [1.82, 2.24) is 15.1 Å². The Labute approximate surface area is 161 Å². The van der Waals surface area contributed by atoms with Gasteiger partial charge in [-0.05, 0) is 62.8 Å². The average Bonchev–Trinajstić information content (AvgIpc) is 3.08. The molecule has 27 heavy (non-hydrogen) atoms. The van der Waals surface area contributed by atoms with Crippen LogP contribution in [-0.4, -0.2) is 67.6 Å². The van der Waals surface area contributed by atoms with Crippen LogP contribution in [0.1, 0.15) is 24.3 Å². The van der Waals surface area contributed by atoms with E-state index in [1.165, 1.54) is 31.5 Å². The van der Waals surface area contributed by atoms with Crippen molar-refractivity contribution in [3.8, 4) is 5.75 Å². The normalized spacial score (nSPS) is 44.1. The molecule has 7 rings (SSSR count). The Morgan fingerprint density at radius 2 is 1.85 bits per heavy atom. The summed E-state index contributed by atoms with van der Waals surface area (Å²) < 4.78 is 5.70. The van der Waals surface area contributed by atoms with Crippen molar-refractivity contribution in [3.05, 3.63) is 29.8 Å². The van der Waals surface area contributed by atoms with Crippen LogP contribution in [0.2, 0.25) is 0 Å². The largest absolute Gasteiger partial charge is 0.496 e. The Bertz CT molecular complexity index is 750. The number of benzene rings is 1. The van der Waals surface area contributed by atoms with E-state index in [1.807, 2.05) is 6.07 Å². The number of nitrogens with one attached hydrogen (secondary N) is 1. The number of ether oxygens (including phenoxy) is 1. The summed E-state index contributed by atoms with van der Waals surface area (Å²) in [5.74, 6) is 3.97. The number of para-hydroxylation sites is 1. The number of fused-ring (bicyclic) bond motifs is 3. The molecule has 1 N–H and O–H groups in total. The van der Waals surface area contributed by atoms with Crippen molar-refractivity contribution in [2.45, 2.75) is 30.8 Å². The lowest BCUT2D eigenvalue weighted by atomic mass is 9.75. The predicted octanol–water partition coefficient (Wildman–Crippen LogP) is 1.55. The molecule has 1 aromatic rings. The summed E-state index contributed by atoms with van der Waals surface area (Å²) in [5, 5.41) is 3.43. The van der Waals surface area contributed by atoms with Gasteiger partial charge in [-0.3, -0.25) is 9.69 Å². The lowest BCUT2D eigenvalue weighted by Crippen LogP contribution is -2.61. The Kier molecular flexibility index (Phi) is 3.61. The highest BCUT2D eigenvalue weighted by atomic mass is 16.5. The van der Waals surface area contributed by atoms with Crippen molar-refractivity contribution in [3.63, 3.8) is 0 Å². The van der Waals surface area contributed by atoms with Crippen LogP contribution < -0.4 is 10.1 Å². The monoisotopic (exact) mass is 367 g/mol. The molecular weight excluding hydrogens is 338 g/mol. The molecule has 6 fully saturated rings. The van der Waals surface area contributed by atoms with Crippen molar-refractivity contribution in [2.75, 3.05) is 39.8 Å². The van der Waals surface area contributed by atoms with E-state index in [9.17, 15) is 4.79 Å². The summed E-state index contributed by atoms with van der Waals surface area (Å²) >= 11 is 0. The number of carbonyl (C=O) groups excluding carboxylic acids is 1. The van der Waals surface area contributed by atoms with Crippen LogP contribution in [0.5, 0.6) is 5.75 Å². The van der Waals surface area contributed by atoms with Gasteiger partial charge >= 0.3 is 0 Å². The molecule has 2 bridgehead atoms. The minimum Gasteiger partial charge on any atom is -0.496 e. The van der Waals surface area contributed by atoms with E-state index >= 15 is 0 Å². The number of piperidine rings is 4. The number of carbonyl (C=O) groups is 1. The molecule has 0 radical (unpaired) electrons. The number of hydrogen-bond donors (Lipinski definition) is 1. The van der Waals surface area contributed by atoms with Crippen LogP contribution in [0.15, 0.2) is 24.3 Å². The molecule has 1 unspecified atom stereocenters. The molecule has 6 atom stereocenters. The first kappa shape index (κ1) is 16.4. The van der Waals surface area contributed by atoms with Crippen molar-refractivity contribution < 1.29 is 9.53 Å². The minimum absolute atomic E-state index is 0.291. The highest BCUT2D eigenvalue weighted by molar-refractivity contribution is 5.84. The molecule has 5 aliphatic heterocycles. The van der Waals surface area contributed by atoms with E-state index in [0.717, 1.165) is 25.4 Å². The van der Waals surface area contributed by atoms with Gasteiger partial charge in [-0.1, -0.05) is 18.2 Å². The summed E-state index contributed by atoms with van der Waals surface area (Å²) in [5.41, 5.74) is 1.29. The SMILES string of the molecule is COc1ccccc1[C@H]1CN(C(=O)C2[C@H]3CNC[C@@H]23)[C@@H]2C3CCN(CC3)[C@H]12. The third-order valence-electron chi connectivity index (χ3n) is 8.19. The number of methoxy groups -OCH3 is 1. The second-order valence-corrected chi connectivity index (χ2v) is 9.21.